The lowest BCUT2D eigenvalue weighted by Gasteiger charge is -2.13. The monoisotopic (exact) mass is 251 g/mol. The number of carboxylic acid groups (broad SMARTS) is 1. The van der Waals surface area contributed by atoms with Crippen LogP contribution in [0, 0.1) is 0 Å². The van der Waals surface area contributed by atoms with Crippen LogP contribution in [0.5, 0.6) is 0 Å². The zero-order chi connectivity index (χ0) is 13.5. The number of carbonyl (C=O) groups is 2. The predicted molar refractivity (Wildman–Crippen MR) is 66.2 cm³/mol. The summed E-state index contributed by atoms with van der Waals surface area (Å²) < 4.78 is 0. The summed E-state index contributed by atoms with van der Waals surface area (Å²) in [5, 5.41) is 20.3. The van der Waals surface area contributed by atoms with Crippen molar-refractivity contribution in [2.24, 2.45) is 0 Å². The molecule has 0 bridgehead atoms. The molecular weight excluding hydrogens is 234 g/mol. The fraction of sp³-hybridized carbons (Fsp3) is 0.385. The molecule has 1 aromatic carbocycles. The van der Waals surface area contributed by atoms with Crippen molar-refractivity contribution in [3.63, 3.8) is 0 Å². The average Bonchev–Trinajstić information content (AvgIpc) is 2.38. The Morgan fingerprint density at radius 1 is 1.28 bits per heavy atom. The summed E-state index contributed by atoms with van der Waals surface area (Å²) in [6.07, 6.45) is 1.08. The van der Waals surface area contributed by atoms with Crippen LogP contribution in [0.2, 0.25) is 0 Å². The maximum Gasteiger partial charge on any atom is 0.326 e. The van der Waals surface area contributed by atoms with E-state index < -0.39 is 17.9 Å². The Bertz CT molecular complexity index is 414. The van der Waals surface area contributed by atoms with Gasteiger partial charge in [-0.15, -0.1) is 0 Å². The van der Waals surface area contributed by atoms with Gasteiger partial charge in [0.2, 0.25) is 0 Å². The molecule has 0 saturated carbocycles. The first kappa shape index (κ1) is 14.2. The molecule has 1 atom stereocenters. The van der Waals surface area contributed by atoms with Gasteiger partial charge in [0.05, 0.1) is 6.61 Å². The molecule has 1 aromatic rings. The Morgan fingerprint density at radius 2 is 1.89 bits per heavy atom. The van der Waals surface area contributed by atoms with Crippen molar-refractivity contribution in [1.29, 1.82) is 0 Å². The minimum absolute atomic E-state index is 0.0878. The van der Waals surface area contributed by atoms with E-state index in [0.29, 0.717) is 24.0 Å². The zero-order valence-corrected chi connectivity index (χ0v) is 10.2. The number of aliphatic hydroxyl groups excluding tert-OH is 1. The van der Waals surface area contributed by atoms with Gasteiger partial charge in [0.1, 0.15) is 6.04 Å². The average molecular weight is 251 g/mol. The number of benzene rings is 1. The van der Waals surface area contributed by atoms with E-state index in [1.54, 1.807) is 24.3 Å². The van der Waals surface area contributed by atoms with Crippen LogP contribution >= 0.6 is 0 Å². The fourth-order valence-corrected chi connectivity index (χ4v) is 1.55. The van der Waals surface area contributed by atoms with E-state index in [4.69, 9.17) is 10.2 Å². The van der Waals surface area contributed by atoms with Crippen molar-refractivity contribution < 1.29 is 19.8 Å². The molecule has 0 saturated heterocycles. The summed E-state index contributed by atoms with van der Waals surface area (Å²) in [7, 11) is 0. The first-order valence-corrected chi connectivity index (χ1v) is 5.82. The fourth-order valence-electron chi connectivity index (χ4n) is 1.55. The quantitative estimate of drug-likeness (QED) is 0.708. The van der Waals surface area contributed by atoms with E-state index in [1.807, 2.05) is 6.92 Å². The molecule has 1 rings (SSSR count). The van der Waals surface area contributed by atoms with E-state index >= 15 is 0 Å². The number of aliphatic carboxylic acids is 1. The van der Waals surface area contributed by atoms with Gasteiger partial charge in [-0.3, -0.25) is 4.79 Å². The third-order valence-corrected chi connectivity index (χ3v) is 2.58. The molecule has 0 spiro atoms. The molecule has 0 aromatic heterocycles. The number of nitrogens with one attached hydrogen (secondary N) is 1. The maximum atomic E-state index is 11.8. The molecule has 0 unspecified atom stereocenters. The second-order valence-corrected chi connectivity index (χ2v) is 4.01. The minimum atomic E-state index is -1.03. The lowest BCUT2D eigenvalue weighted by Crippen LogP contribution is -2.40. The Hall–Kier alpha value is -1.88. The van der Waals surface area contributed by atoms with Gasteiger partial charge in [0.15, 0.2) is 0 Å². The van der Waals surface area contributed by atoms with Gasteiger partial charge in [-0.05, 0) is 24.1 Å². The van der Waals surface area contributed by atoms with Crippen molar-refractivity contribution in [2.45, 2.75) is 32.4 Å². The molecular formula is C13H17NO4. The highest BCUT2D eigenvalue weighted by Crippen LogP contribution is 2.06. The molecule has 18 heavy (non-hydrogen) atoms. The Balaban J connectivity index is 2.70. The highest BCUT2D eigenvalue weighted by Gasteiger charge is 2.19. The number of carboxylic acids is 1. The number of amides is 1. The van der Waals surface area contributed by atoms with Crippen molar-refractivity contribution in [3.8, 4) is 0 Å². The van der Waals surface area contributed by atoms with Crippen molar-refractivity contribution >= 4 is 11.9 Å². The van der Waals surface area contributed by atoms with Crippen LogP contribution in [0.25, 0.3) is 0 Å². The Kier molecular flexibility index (Phi) is 5.32. The summed E-state index contributed by atoms with van der Waals surface area (Å²) in [5.74, 6) is -1.45. The SMILES string of the molecule is CCC[C@H](NC(=O)c1ccc(CO)cc1)C(=O)O. The minimum Gasteiger partial charge on any atom is -0.480 e. The van der Waals surface area contributed by atoms with Crippen molar-refractivity contribution in [1.82, 2.24) is 5.32 Å². The molecule has 0 fully saturated rings. The molecule has 3 N–H and O–H groups in total. The van der Waals surface area contributed by atoms with E-state index in [2.05, 4.69) is 5.32 Å². The van der Waals surface area contributed by atoms with Crippen LogP contribution in [-0.4, -0.2) is 28.1 Å². The number of hydrogen-bond donors (Lipinski definition) is 3. The maximum absolute atomic E-state index is 11.8. The largest absolute Gasteiger partial charge is 0.480 e. The highest BCUT2D eigenvalue weighted by atomic mass is 16.4. The van der Waals surface area contributed by atoms with E-state index in [0.717, 1.165) is 0 Å². The molecule has 5 nitrogen and oxygen atoms in total. The smallest absolute Gasteiger partial charge is 0.326 e. The van der Waals surface area contributed by atoms with Crippen LogP contribution in [-0.2, 0) is 11.4 Å². The second kappa shape index (κ2) is 6.76. The molecule has 0 aliphatic carbocycles. The van der Waals surface area contributed by atoms with Gasteiger partial charge in [0.25, 0.3) is 5.91 Å². The lowest BCUT2D eigenvalue weighted by molar-refractivity contribution is -0.139. The molecule has 0 heterocycles. The normalized spacial score (nSPS) is 11.9. The van der Waals surface area contributed by atoms with Crippen LogP contribution < -0.4 is 5.32 Å². The predicted octanol–water partition coefficient (Wildman–Crippen LogP) is 1.16. The van der Waals surface area contributed by atoms with Gasteiger partial charge in [-0.25, -0.2) is 4.79 Å². The van der Waals surface area contributed by atoms with Crippen LogP contribution in [0.3, 0.4) is 0 Å². The van der Waals surface area contributed by atoms with Gasteiger partial charge < -0.3 is 15.5 Å². The summed E-state index contributed by atoms with van der Waals surface area (Å²) in [6.45, 7) is 1.77. The van der Waals surface area contributed by atoms with Gasteiger partial charge in [-0.2, -0.15) is 0 Å². The number of rotatable bonds is 6. The molecule has 98 valence electrons. The van der Waals surface area contributed by atoms with E-state index in [-0.39, 0.29) is 6.61 Å². The van der Waals surface area contributed by atoms with E-state index in [1.165, 1.54) is 0 Å². The summed E-state index contributed by atoms with van der Waals surface area (Å²) in [6, 6.07) is 5.52. The first-order chi connectivity index (χ1) is 8.58. The number of hydrogen-bond acceptors (Lipinski definition) is 3. The van der Waals surface area contributed by atoms with Gasteiger partial charge in [-0.1, -0.05) is 25.5 Å². The summed E-state index contributed by atoms with van der Waals surface area (Å²) in [4.78, 5) is 22.7. The summed E-state index contributed by atoms with van der Waals surface area (Å²) >= 11 is 0. The Morgan fingerprint density at radius 3 is 2.33 bits per heavy atom. The number of aliphatic hydroxyl groups is 1. The van der Waals surface area contributed by atoms with Crippen LogP contribution in [0.1, 0.15) is 35.7 Å². The molecule has 0 aliphatic rings. The molecule has 1 amide bonds. The molecule has 5 heteroatoms. The molecule has 0 aliphatic heterocycles. The van der Waals surface area contributed by atoms with Crippen molar-refractivity contribution in [2.75, 3.05) is 0 Å². The molecule has 0 radical (unpaired) electrons. The Labute approximate surface area is 105 Å². The third kappa shape index (κ3) is 3.85. The third-order valence-electron chi connectivity index (χ3n) is 2.58. The van der Waals surface area contributed by atoms with Crippen LogP contribution in [0.15, 0.2) is 24.3 Å². The van der Waals surface area contributed by atoms with E-state index in [9.17, 15) is 9.59 Å². The van der Waals surface area contributed by atoms with Crippen molar-refractivity contribution in [3.05, 3.63) is 35.4 Å². The number of carbonyl (C=O) groups excluding carboxylic acids is 1. The zero-order valence-electron chi connectivity index (χ0n) is 10.2. The lowest BCUT2D eigenvalue weighted by atomic mass is 10.1. The topological polar surface area (TPSA) is 86.6 Å². The van der Waals surface area contributed by atoms with Crippen LogP contribution in [0.4, 0.5) is 0 Å². The first-order valence-electron chi connectivity index (χ1n) is 5.82. The van der Waals surface area contributed by atoms with Gasteiger partial charge in [0, 0.05) is 5.56 Å². The highest BCUT2D eigenvalue weighted by molar-refractivity contribution is 5.96. The summed E-state index contributed by atoms with van der Waals surface area (Å²) in [5.41, 5.74) is 1.09. The second-order valence-electron chi connectivity index (χ2n) is 4.01. The standard InChI is InChI=1S/C13H17NO4/c1-2-3-11(13(17)18)14-12(16)10-6-4-9(8-15)5-7-10/h4-7,11,15H,2-3,8H2,1H3,(H,14,16)(H,17,18)/t11-/m0/s1. The van der Waals surface area contributed by atoms with Gasteiger partial charge >= 0.3 is 5.97 Å².